The molecule has 1 aliphatic heterocycles. The van der Waals surface area contributed by atoms with Gasteiger partial charge >= 0.3 is 0 Å². The molecule has 1 aromatic heterocycles. The van der Waals surface area contributed by atoms with Crippen LogP contribution in [0.3, 0.4) is 0 Å². The van der Waals surface area contributed by atoms with Crippen LogP contribution in [0.15, 0.2) is 29.6 Å². The molecule has 122 valence electrons. The van der Waals surface area contributed by atoms with Crippen LogP contribution in [-0.4, -0.2) is 23.7 Å². The van der Waals surface area contributed by atoms with Gasteiger partial charge in [0.15, 0.2) is 0 Å². The van der Waals surface area contributed by atoms with E-state index < -0.39 is 0 Å². The van der Waals surface area contributed by atoms with Gasteiger partial charge in [0.1, 0.15) is 11.9 Å². The summed E-state index contributed by atoms with van der Waals surface area (Å²) in [6, 6.07) is 9.54. The van der Waals surface area contributed by atoms with Crippen LogP contribution in [0, 0.1) is 16.7 Å². The number of hydrogen-bond donors (Lipinski definition) is 1. The molecular formula is C18H16ClN3OS. The van der Waals surface area contributed by atoms with Crippen molar-refractivity contribution in [2.45, 2.75) is 25.2 Å². The third-order valence-electron chi connectivity index (χ3n) is 4.49. The molecular weight excluding hydrogens is 342 g/mol. The number of nitriles is 1. The van der Waals surface area contributed by atoms with Crippen molar-refractivity contribution in [1.82, 2.24) is 4.90 Å². The van der Waals surface area contributed by atoms with Gasteiger partial charge in [-0.1, -0.05) is 24.6 Å². The van der Waals surface area contributed by atoms with E-state index in [1.54, 1.807) is 30.5 Å². The maximum Gasteiger partial charge on any atom is 0.228 e. The number of nitrogens with one attached hydrogen (secondary N) is 1. The van der Waals surface area contributed by atoms with Gasteiger partial charge in [-0.05, 0) is 34.7 Å². The molecule has 2 aromatic rings. The van der Waals surface area contributed by atoms with E-state index in [0.29, 0.717) is 29.3 Å². The van der Waals surface area contributed by atoms with Gasteiger partial charge in [-0.3, -0.25) is 10.2 Å². The summed E-state index contributed by atoms with van der Waals surface area (Å²) < 4.78 is 0. The quantitative estimate of drug-likeness (QED) is 0.863. The summed E-state index contributed by atoms with van der Waals surface area (Å²) in [6.07, 6.45) is 0.940. The van der Waals surface area contributed by atoms with Crippen molar-refractivity contribution >= 4 is 34.7 Å². The molecule has 2 heterocycles. The number of carbonyl (C=O) groups excluding carboxylic acids is 1. The van der Waals surface area contributed by atoms with Crippen LogP contribution in [-0.2, 0) is 10.2 Å². The van der Waals surface area contributed by atoms with E-state index >= 15 is 0 Å². The molecule has 6 heteroatoms. The summed E-state index contributed by atoms with van der Waals surface area (Å²) in [5, 5.41) is 19.6. The highest BCUT2D eigenvalue weighted by Gasteiger charge is 2.39. The zero-order valence-corrected chi connectivity index (χ0v) is 15.0. The van der Waals surface area contributed by atoms with Crippen LogP contribution in [0.2, 0.25) is 5.02 Å². The number of thiophene rings is 1. The summed E-state index contributed by atoms with van der Waals surface area (Å²) >= 11 is 7.58. The highest BCUT2D eigenvalue weighted by molar-refractivity contribution is 7.10. The van der Waals surface area contributed by atoms with Gasteiger partial charge in [0, 0.05) is 30.2 Å². The highest BCUT2D eigenvalue weighted by Crippen LogP contribution is 2.41. The largest absolute Gasteiger partial charge is 0.304 e. The number of amides is 1. The predicted molar refractivity (Wildman–Crippen MR) is 96.6 cm³/mol. The molecule has 3 rings (SSSR count). The summed E-state index contributed by atoms with van der Waals surface area (Å²) in [5.41, 5.74) is 2.02. The van der Waals surface area contributed by atoms with E-state index in [1.807, 2.05) is 18.4 Å². The second kappa shape index (κ2) is 6.04. The van der Waals surface area contributed by atoms with Crippen LogP contribution in [0.1, 0.15) is 30.2 Å². The second-order valence-electron chi connectivity index (χ2n) is 6.32. The molecule has 1 atom stereocenters. The molecule has 1 amide bonds. The molecule has 1 aromatic carbocycles. The van der Waals surface area contributed by atoms with E-state index in [4.69, 9.17) is 22.3 Å². The molecule has 0 bridgehead atoms. The molecule has 24 heavy (non-hydrogen) atoms. The first-order chi connectivity index (χ1) is 11.3. The Kier molecular flexibility index (Phi) is 4.20. The van der Waals surface area contributed by atoms with Gasteiger partial charge in [0.05, 0.1) is 10.6 Å². The lowest BCUT2D eigenvalue weighted by Gasteiger charge is -2.36. The van der Waals surface area contributed by atoms with Crippen LogP contribution < -0.4 is 0 Å². The maximum absolute atomic E-state index is 12.1. The number of likely N-dealkylation sites (tertiary alicyclic amines) is 1. The SMILES string of the molecule is CN1C(=N)C[C@](C)(c2cc(-c3ccc(Cl)c(C#N)c3)cs2)CC1=O. The summed E-state index contributed by atoms with van der Waals surface area (Å²) in [6.45, 7) is 2.03. The third kappa shape index (κ3) is 2.83. The first-order valence-electron chi connectivity index (χ1n) is 7.47. The maximum atomic E-state index is 12.1. The Balaban J connectivity index is 1.95. The zero-order chi connectivity index (χ0) is 17.5. The lowest BCUT2D eigenvalue weighted by atomic mass is 9.78. The minimum absolute atomic E-state index is 0.0260. The number of nitrogens with zero attached hydrogens (tertiary/aromatic N) is 2. The molecule has 0 unspecified atom stereocenters. The van der Waals surface area contributed by atoms with Gasteiger partial charge in [-0.15, -0.1) is 11.3 Å². The predicted octanol–water partition coefficient (Wildman–Crippen LogP) is 4.43. The van der Waals surface area contributed by atoms with Crippen molar-refractivity contribution in [3.8, 4) is 17.2 Å². The first kappa shape index (κ1) is 16.7. The van der Waals surface area contributed by atoms with E-state index in [-0.39, 0.29) is 11.3 Å². The molecule has 1 N–H and O–H groups in total. The van der Waals surface area contributed by atoms with Crippen LogP contribution in [0.5, 0.6) is 0 Å². The van der Waals surface area contributed by atoms with Crippen LogP contribution in [0.4, 0.5) is 0 Å². The van der Waals surface area contributed by atoms with Crippen molar-refractivity contribution in [3.63, 3.8) is 0 Å². The molecule has 0 aliphatic carbocycles. The fraction of sp³-hybridized carbons (Fsp3) is 0.278. The van der Waals surface area contributed by atoms with Gasteiger partial charge < -0.3 is 4.90 Å². The van der Waals surface area contributed by atoms with Crippen LogP contribution >= 0.6 is 22.9 Å². The fourth-order valence-corrected chi connectivity index (χ4v) is 4.16. The number of rotatable bonds is 2. The summed E-state index contributed by atoms with van der Waals surface area (Å²) in [7, 11) is 1.65. The average Bonchev–Trinajstić information content (AvgIpc) is 3.04. The Bertz CT molecular complexity index is 863. The van der Waals surface area contributed by atoms with Crippen molar-refractivity contribution in [3.05, 3.63) is 45.1 Å². The topological polar surface area (TPSA) is 68.0 Å². The average molecular weight is 358 g/mol. The van der Waals surface area contributed by atoms with Crippen LogP contribution in [0.25, 0.3) is 11.1 Å². The van der Waals surface area contributed by atoms with E-state index in [1.165, 1.54) is 4.90 Å². The van der Waals surface area contributed by atoms with Crippen molar-refractivity contribution in [2.24, 2.45) is 0 Å². The van der Waals surface area contributed by atoms with Gasteiger partial charge in [0.2, 0.25) is 5.91 Å². The second-order valence-corrected chi connectivity index (χ2v) is 7.64. The Hall–Kier alpha value is -2.16. The smallest absolute Gasteiger partial charge is 0.228 e. The van der Waals surface area contributed by atoms with E-state index in [2.05, 4.69) is 12.1 Å². The Morgan fingerprint density at radius 3 is 2.75 bits per heavy atom. The Labute approximate surface area is 149 Å². The van der Waals surface area contributed by atoms with Crippen molar-refractivity contribution < 1.29 is 4.79 Å². The number of halogens is 1. The minimum Gasteiger partial charge on any atom is -0.304 e. The molecule has 4 nitrogen and oxygen atoms in total. The third-order valence-corrected chi connectivity index (χ3v) is 6.06. The van der Waals surface area contributed by atoms with Gasteiger partial charge in [-0.2, -0.15) is 5.26 Å². The number of carbonyl (C=O) groups is 1. The standard InChI is InChI=1S/C18H16ClN3OS/c1-18(7-16(21)22(2)17(23)8-18)15-6-13(10-24-15)11-3-4-14(19)12(5-11)9-20/h3-6,10,21H,7-8H2,1-2H3/t18-/m0/s1. The number of benzene rings is 1. The zero-order valence-electron chi connectivity index (χ0n) is 13.4. The summed E-state index contributed by atoms with van der Waals surface area (Å²) in [4.78, 5) is 14.6. The van der Waals surface area contributed by atoms with Crippen molar-refractivity contribution in [1.29, 1.82) is 10.7 Å². The first-order valence-corrected chi connectivity index (χ1v) is 8.73. The lowest BCUT2D eigenvalue weighted by Crippen LogP contribution is -2.46. The molecule has 0 saturated carbocycles. The van der Waals surface area contributed by atoms with Crippen molar-refractivity contribution in [2.75, 3.05) is 7.05 Å². The molecule has 1 fully saturated rings. The Morgan fingerprint density at radius 1 is 1.33 bits per heavy atom. The Morgan fingerprint density at radius 2 is 2.08 bits per heavy atom. The van der Waals surface area contributed by atoms with E-state index in [0.717, 1.165) is 16.0 Å². The monoisotopic (exact) mass is 357 g/mol. The normalized spacial score (nSPS) is 21.0. The fourth-order valence-electron chi connectivity index (χ4n) is 2.92. The number of amidine groups is 1. The van der Waals surface area contributed by atoms with Gasteiger partial charge in [-0.25, -0.2) is 0 Å². The minimum atomic E-state index is -0.353. The molecule has 1 aliphatic rings. The highest BCUT2D eigenvalue weighted by atomic mass is 35.5. The molecule has 0 spiro atoms. The lowest BCUT2D eigenvalue weighted by molar-refractivity contribution is -0.128. The van der Waals surface area contributed by atoms with Gasteiger partial charge in [0.25, 0.3) is 0 Å². The molecule has 1 saturated heterocycles. The summed E-state index contributed by atoms with van der Waals surface area (Å²) in [5.74, 6) is 0.323. The number of piperidine rings is 1. The number of hydrogen-bond acceptors (Lipinski definition) is 4. The van der Waals surface area contributed by atoms with E-state index in [9.17, 15) is 4.79 Å². The molecule has 0 radical (unpaired) electrons.